The Hall–Kier alpha value is -2.32. The second-order valence-electron chi connectivity index (χ2n) is 3.10. The van der Waals surface area contributed by atoms with Crippen LogP contribution in [0.1, 0.15) is 5.56 Å². The van der Waals surface area contributed by atoms with Crippen LogP contribution in [-0.4, -0.2) is 15.3 Å². The van der Waals surface area contributed by atoms with Gasteiger partial charge in [-0.3, -0.25) is 0 Å². The molecule has 0 aliphatic carbocycles. The van der Waals surface area contributed by atoms with Crippen LogP contribution in [0, 0.1) is 11.3 Å². The first-order chi connectivity index (χ1) is 8.19. The van der Waals surface area contributed by atoms with Crippen molar-refractivity contribution in [2.75, 3.05) is 0 Å². The molecule has 2 aromatic rings. The molecule has 1 aromatic carbocycles. The van der Waals surface area contributed by atoms with E-state index in [-0.39, 0.29) is 16.8 Å². The van der Waals surface area contributed by atoms with Crippen molar-refractivity contribution in [3.8, 4) is 23.4 Å². The summed E-state index contributed by atoms with van der Waals surface area (Å²) in [4.78, 5) is 0. The molecule has 0 aliphatic rings. The summed E-state index contributed by atoms with van der Waals surface area (Å²) in [7, 11) is 0. The maximum absolute atomic E-state index is 9.50. The van der Waals surface area contributed by atoms with Gasteiger partial charge in [0.15, 0.2) is 10.9 Å². The molecule has 0 atom stereocenters. The third kappa shape index (κ3) is 2.62. The van der Waals surface area contributed by atoms with Crippen LogP contribution in [-0.2, 0) is 0 Å². The highest BCUT2D eigenvalue weighted by atomic mass is 35.5. The van der Waals surface area contributed by atoms with Crippen molar-refractivity contribution in [1.29, 1.82) is 5.26 Å². The lowest BCUT2D eigenvalue weighted by Crippen LogP contribution is -1.91. The summed E-state index contributed by atoms with van der Waals surface area (Å²) in [5.41, 5.74) is 0.448. The Kier molecular flexibility index (Phi) is 3.08. The molecule has 2 rings (SSSR count). The highest BCUT2D eigenvalue weighted by Crippen LogP contribution is 2.29. The van der Waals surface area contributed by atoms with E-state index in [9.17, 15) is 5.11 Å². The summed E-state index contributed by atoms with van der Waals surface area (Å²) in [6.07, 6.45) is 0. The van der Waals surface area contributed by atoms with Crippen molar-refractivity contribution in [3.63, 3.8) is 0 Å². The predicted octanol–water partition coefficient (Wildman–Crippen LogP) is 2.50. The lowest BCUT2D eigenvalue weighted by Gasteiger charge is -2.05. The zero-order valence-corrected chi connectivity index (χ0v) is 9.22. The summed E-state index contributed by atoms with van der Waals surface area (Å²) in [5.74, 6) is 0.104. The Morgan fingerprint density at radius 1 is 1.29 bits per heavy atom. The van der Waals surface area contributed by atoms with Crippen molar-refractivity contribution in [2.24, 2.45) is 0 Å². The van der Waals surface area contributed by atoms with E-state index in [1.165, 1.54) is 12.1 Å². The molecule has 0 spiro atoms. The van der Waals surface area contributed by atoms with Crippen LogP contribution in [0.4, 0.5) is 0 Å². The Morgan fingerprint density at radius 2 is 2.12 bits per heavy atom. The van der Waals surface area contributed by atoms with Crippen molar-refractivity contribution in [3.05, 3.63) is 41.0 Å². The van der Waals surface area contributed by atoms with E-state index in [1.54, 1.807) is 18.2 Å². The number of aromatic hydroxyl groups is 1. The number of nitriles is 1. The maximum atomic E-state index is 9.50. The van der Waals surface area contributed by atoms with Crippen molar-refractivity contribution in [1.82, 2.24) is 10.2 Å². The zero-order valence-electron chi connectivity index (χ0n) is 8.46. The van der Waals surface area contributed by atoms with Gasteiger partial charge in [0, 0.05) is 6.07 Å². The van der Waals surface area contributed by atoms with Gasteiger partial charge in [0.2, 0.25) is 0 Å². The lowest BCUT2D eigenvalue weighted by molar-refractivity contribution is 0.392. The standard InChI is InChI=1S/C11H6ClN3O2/c12-10-5-9(16)11(15-14-10)17-8-3-1-2-7(4-8)6-13/h1-5H,(H,14,16). The number of benzene rings is 1. The van der Waals surface area contributed by atoms with Crippen LogP contribution < -0.4 is 4.74 Å². The van der Waals surface area contributed by atoms with Gasteiger partial charge in [0.25, 0.3) is 5.88 Å². The summed E-state index contributed by atoms with van der Waals surface area (Å²) >= 11 is 5.54. The van der Waals surface area contributed by atoms with Gasteiger partial charge in [0.1, 0.15) is 5.75 Å². The fourth-order valence-corrected chi connectivity index (χ4v) is 1.30. The predicted molar refractivity (Wildman–Crippen MR) is 59.9 cm³/mol. The number of nitrogens with zero attached hydrogens (tertiary/aromatic N) is 3. The van der Waals surface area contributed by atoms with E-state index in [1.807, 2.05) is 6.07 Å². The third-order valence-electron chi connectivity index (χ3n) is 1.89. The topological polar surface area (TPSA) is 79.0 Å². The molecule has 0 saturated carbocycles. The number of halogens is 1. The van der Waals surface area contributed by atoms with Gasteiger partial charge < -0.3 is 9.84 Å². The molecule has 0 bridgehead atoms. The molecule has 0 amide bonds. The fourth-order valence-electron chi connectivity index (χ4n) is 1.16. The number of rotatable bonds is 2. The van der Waals surface area contributed by atoms with Gasteiger partial charge in [0.05, 0.1) is 11.6 Å². The van der Waals surface area contributed by atoms with Gasteiger partial charge in [-0.2, -0.15) is 5.26 Å². The molecule has 1 N–H and O–H groups in total. The molecular weight excluding hydrogens is 242 g/mol. The maximum Gasteiger partial charge on any atom is 0.281 e. The van der Waals surface area contributed by atoms with Crippen LogP contribution in [0.2, 0.25) is 5.15 Å². The molecule has 1 aromatic heterocycles. The number of aromatic nitrogens is 2. The average Bonchev–Trinajstić information content (AvgIpc) is 2.33. The Labute approximate surface area is 102 Å². The molecule has 84 valence electrons. The lowest BCUT2D eigenvalue weighted by atomic mass is 10.2. The first kappa shape index (κ1) is 11.2. The summed E-state index contributed by atoms with van der Waals surface area (Å²) < 4.78 is 5.27. The molecule has 6 heteroatoms. The van der Waals surface area contributed by atoms with Crippen molar-refractivity contribution >= 4 is 11.6 Å². The van der Waals surface area contributed by atoms with Gasteiger partial charge in [-0.05, 0) is 18.2 Å². The summed E-state index contributed by atoms with van der Waals surface area (Å²) in [6, 6.07) is 9.66. The van der Waals surface area contributed by atoms with Crippen molar-refractivity contribution < 1.29 is 9.84 Å². The zero-order chi connectivity index (χ0) is 12.3. The van der Waals surface area contributed by atoms with Gasteiger partial charge >= 0.3 is 0 Å². The second kappa shape index (κ2) is 4.68. The van der Waals surface area contributed by atoms with E-state index in [0.29, 0.717) is 11.3 Å². The monoisotopic (exact) mass is 247 g/mol. The van der Waals surface area contributed by atoms with Crippen LogP contribution in [0.3, 0.4) is 0 Å². The van der Waals surface area contributed by atoms with Gasteiger partial charge in [-0.1, -0.05) is 17.7 Å². The summed E-state index contributed by atoms with van der Waals surface area (Å²) in [6.45, 7) is 0. The SMILES string of the molecule is N#Cc1cccc(Oc2nnc(Cl)cc2O)c1. The van der Waals surface area contributed by atoms with E-state index >= 15 is 0 Å². The Morgan fingerprint density at radius 3 is 2.82 bits per heavy atom. The largest absolute Gasteiger partial charge is 0.503 e. The molecule has 0 radical (unpaired) electrons. The molecule has 0 unspecified atom stereocenters. The Bertz CT molecular complexity index is 596. The normalized spacial score (nSPS) is 9.65. The number of ether oxygens (including phenoxy) is 1. The van der Waals surface area contributed by atoms with E-state index in [2.05, 4.69) is 10.2 Å². The second-order valence-corrected chi connectivity index (χ2v) is 3.49. The molecular formula is C11H6ClN3O2. The van der Waals surface area contributed by atoms with Crippen LogP contribution in [0.15, 0.2) is 30.3 Å². The minimum atomic E-state index is -0.215. The molecule has 0 aliphatic heterocycles. The molecule has 1 heterocycles. The van der Waals surface area contributed by atoms with Gasteiger partial charge in [-0.15, -0.1) is 10.2 Å². The first-order valence-electron chi connectivity index (χ1n) is 4.59. The fraction of sp³-hybridized carbons (Fsp3) is 0. The highest BCUT2D eigenvalue weighted by Gasteiger charge is 2.07. The van der Waals surface area contributed by atoms with E-state index in [0.717, 1.165) is 0 Å². The quantitative estimate of drug-likeness (QED) is 0.882. The van der Waals surface area contributed by atoms with Crippen LogP contribution >= 0.6 is 11.6 Å². The Balaban J connectivity index is 2.28. The highest BCUT2D eigenvalue weighted by molar-refractivity contribution is 6.29. The third-order valence-corrected chi connectivity index (χ3v) is 2.07. The van der Waals surface area contributed by atoms with E-state index in [4.69, 9.17) is 21.6 Å². The minimum Gasteiger partial charge on any atom is -0.503 e. The molecule has 17 heavy (non-hydrogen) atoms. The van der Waals surface area contributed by atoms with Crippen molar-refractivity contribution in [2.45, 2.75) is 0 Å². The van der Waals surface area contributed by atoms with Crippen LogP contribution in [0.25, 0.3) is 0 Å². The molecule has 5 nitrogen and oxygen atoms in total. The smallest absolute Gasteiger partial charge is 0.281 e. The summed E-state index contributed by atoms with van der Waals surface area (Å²) in [5, 5.41) is 25.4. The number of hydrogen-bond donors (Lipinski definition) is 1. The van der Waals surface area contributed by atoms with Crippen LogP contribution in [0.5, 0.6) is 17.4 Å². The minimum absolute atomic E-state index is 0.0653. The number of hydrogen-bond acceptors (Lipinski definition) is 5. The first-order valence-corrected chi connectivity index (χ1v) is 4.97. The average molecular weight is 248 g/mol. The molecule has 0 saturated heterocycles. The molecule has 0 fully saturated rings. The van der Waals surface area contributed by atoms with E-state index < -0.39 is 0 Å². The van der Waals surface area contributed by atoms with Gasteiger partial charge in [-0.25, -0.2) is 0 Å².